The smallest absolute Gasteiger partial charge is 0.232 e. The first-order valence-corrected chi connectivity index (χ1v) is 7.95. The molecule has 7 heteroatoms. The van der Waals surface area contributed by atoms with Crippen molar-refractivity contribution in [3.05, 3.63) is 40.2 Å². The van der Waals surface area contributed by atoms with Crippen molar-refractivity contribution in [3.63, 3.8) is 0 Å². The van der Waals surface area contributed by atoms with Crippen LogP contribution >= 0.6 is 15.9 Å². The van der Waals surface area contributed by atoms with E-state index < -0.39 is 0 Å². The van der Waals surface area contributed by atoms with Crippen LogP contribution in [0.4, 0.5) is 17.1 Å². The van der Waals surface area contributed by atoms with Crippen molar-refractivity contribution in [2.45, 2.75) is 18.8 Å². The van der Waals surface area contributed by atoms with Crippen LogP contribution in [0.1, 0.15) is 24.6 Å². The van der Waals surface area contributed by atoms with Crippen LogP contribution < -0.4 is 10.6 Å². The summed E-state index contributed by atoms with van der Waals surface area (Å²) in [5, 5.41) is 8.18. The van der Waals surface area contributed by atoms with Crippen molar-refractivity contribution in [3.8, 4) is 0 Å². The summed E-state index contributed by atoms with van der Waals surface area (Å²) in [7, 11) is 1.98. The molecule has 0 amide bonds. The van der Waals surface area contributed by atoms with E-state index in [-0.39, 0.29) is 0 Å². The number of hydrogen-bond acceptors (Lipinski definition) is 4. The molecule has 3 rings (SSSR count). The minimum atomic E-state index is 0.417. The van der Waals surface area contributed by atoms with Crippen LogP contribution in [0.3, 0.4) is 0 Å². The first kappa shape index (κ1) is 14.9. The van der Waals surface area contributed by atoms with Crippen molar-refractivity contribution >= 4 is 33.0 Å². The number of nitrogens with two attached hydrogens (primary N) is 1. The monoisotopic (exact) mass is 360 g/mol. The summed E-state index contributed by atoms with van der Waals surface area (Å²) in [6.45, 7) is 9.15. The highest BCUT2D eigenvalue weighted by atomic mass is 79.9. The Morgan fingerprint density at radius 3 is 2.68 bits per heavy atom. The zero-order valence-corrected chi connectivity index (χ0v) is 13.9. The SMILES string of the molecule is [C-]#[N+]c1c(N)ccc(Br)c1N1CCC(c2nncn2C)CC1. The Hall–Kier alpha value is -2.07. The molecule has 2 heterocycles. The number of benzene rings is 1. The van der Waals surface area contributed by atoms with Gasteiger partial charge in [0, 0.05) is 36.2 Å². The van der Waals surface area contributed by atoms with Crippen LogP contribution in [-0.2, 0) is 7.05 Å². The van der Waals surface area contributed by atoms with Crippen molar-refractivity contribution in [1.82, 2.24) is 14.8 Å². The lowest BCUT2D eigenvalue weighted by Gasteiger charge is -2.34. The van der Waals surface area contributed by atoms with Crippen LogP contribution in [0, 0.1) is 6.57 Å². The molecule has 1 saturated heterocycles. The average Bonchev–Trinajstić information content (AvgIpc) is 2.95. The molecule has 1 aliphatic rings. The van der Waals surface area contributed by atoms with Gasteiger partial charge in [-0.1, -0.05) is 15.9 Å². The Labute approximate surface area is 137 Å². The standard InChI is InChI=1S/C15H17BrN6/c1-18-13-12(17)4-3-11(16)14(13)22-7-5-10(6-8-22)15-20-19-9-21(15)2/h3-4,9-10H,5-8,17H2,2H3. The molecule has 1 aromatic heterocycles. The fourth-order valence-electron chi connectivity index (χ4n) is 3.01. The molecule has 1 aromatic carbocycles. The molecule has 2 N–H and O–H groups in total. The van der Waals surface area contributed by atoms with E-state index >= 15 is 0 Å². The highest BCUT2D eigenvalue weighted by Gasteiger charge is 2.26. The molecule has 0 radical (unpaired) electrons. The molecule has 1 fully saturated rings. The summed E-state index contributed by atoms with van der Waals surface area (Å²) in [4.78, 5) is 5.85. The van der Waals surface area contributed by atoms with Gasteiger partial charge < -0.3 is 15.2 Å². The molecule has 0 aliphatic carbocycles. The Bertz CT molecular complexity index is 724. The lowest BCUT2D eigenvalue weighted by molar-refractivity contribution is 0.474. The van der Waals surface area contributed by atoms with Gasteiger partial charge in [-0.15, -0.1) is 10.2 Å². The molecule has 6 nitrogen and oxygen atoms in total. The summed E-state index contributed by atoms with van der Waals surface area (Å²) in [5.41, 5.74) is 7.92. The van der Waals surface area contributed by atoms with E-state index in [4.69, 9.17) is 12.3 Å². The molecule has 0 spiro atoms. The van der Waals surface area contributed by atoms with Gasteiger partial charge in [0.25, 0.3) is 0 Å². The number of anilines is 2. The van der Waals surface area contributed by atoms with Gasteiger partial charge in [0.2, 0.25) is 5.69 Å². The Kier molecular flexibility index (Phi) is 4.03. The number of piperidine rings is 1. The van der Waals surface area contributed by atoms with Crippen LogP contribution in [0.15, 0.2) is 22.9 Å². The maximum Gasteiger partial charge on any atom is 0.232 e. The molecule has 0 atom stereocenters. The quantitative estimate of drug-likeness (QED) is 0.660. The number of hydrogen-bond donors (Lipinski definition) is 1. The third kappa shape index (κ3) is 2.55. The highest BCUT2D eigenvalue weighted by molar-refractivity contribution is 9.10. The zero-order chi connectivity index (χ0) is 15.7. The van der Waals surface area contributed by atoms with Crippen molar-refractivity contribution in [1.29, 1.82) is 0 Å². The molecule has 2 aromatic rings. The summed E-state index contributed by atoms with van der Waals surface area (Å²) < 4.78 is 2.91. The molecular weight excluding hydrogens is 344 g/mol. The maximum absolute atomic E-state index is 7.40. The van der Waals surface area contributed by atoms with Crippen molar-refractivity contribution in [2.24, 2.45) is 7.05 Å². The van der Waals surface area contributed by atoms with Crippen LogP contribution in [0.5, 0.6) is 0 Å². The minimum Gasteiger partial charge on any atom is -0.407 e. The van der Waals surface area contributed by atoms with E-state index in [1.54, 1.807) is 12.4 Å². The maximum atomic E-state index is 7.40. The predicted molar refractivity (Wildman–Crippen MR) is 90.0 cm³/mol. The van der Waals surface area contributed by atoms with E-state index in [1.165, 1.54) is 0 Å². The van der Waals surface area contributed by atoms with Gasteiger partial charge in [-0.2, -0.15) is 0 Å². The van der Waals surface area contributed by atoms with Gasteiger partial charge in [-0.3, -0.25) is 0 Å². The second-order valence-corrected chi connectivity index (χ2v) is 6.36. The van der Waals surface area contributed by atoms with Crippen LogP contribution in [-0.4, -0.2) is 27.9 Å². The Balaban J connectivity index is 1.82. The molecule has 1 aliphatic heterocycles. The van der Waals surface area contributed by atoms with Gasteiger partial charge in [-0.25, -0.2) is 4.85 Å². The summed E-state index contributed by atoms with van der Waals surface area (Å²) in [6, 6.07) is 3.68. The number of halogens is 1. The topological polar surface area (TPSA) is 64.3 Å². The number of aryl methyl sites for hydroxylation is 1. The Morgan fingerprint density at radius 2 is 2.09 bits per heavy atom. The third-order valence-electron chi connectivity index (χ3n) is 4.17. The van der Waals surface area contributed by atoms with Crippen LogP contribution in [0.25, 0.3) is 4.85 Å². The summed E-state index contributed by atoms with van der Waals surface area (Å²) in [5.74, 6) is 1.46. The van der Waals surface area contributed by atoms with Gasteiger partial charge >= 0.3 is 0 Å². The molecule has 0 bridgehead atoms. The molecule has 114 valence electrons. The van der Waals surface area contributed by atoms with Crippen LogP contribution in [0.2, 0.25) is 0 Å². The van der Waals surface area contributed by atoms with Gasteiger partial charge in [0.15, 0.2) is 0 Å². The summed E-state index contributed by atoms with van der Waals surface area (Å²) in [6.07, 6.45) is 3.73. The third-order valence-corrected chi connectivity index (χ3v) is 4.81. The lowest BCUT2D eigenvalue weighted by Crippen LogP contribution is -2.34. The summed E-state index contributed by atoms with van der Waals surface area (Å²) >= 11 is 3.56. The molecule has 22 heavy (non-hydrogen) atoms. The lowest BCUT2D eigenvalue weighted by atomic mass is 9.95. The first-order chi connectivity index (χ1) is 10.6. The zero-order valence-electron chi connectivity index (χ0n) is 12.3. The predicted octanol–water partition coefficient (Wildman–Crippen LogP) is 3.09. The largest absolute Gasteiger partial charge is 0.407 e. The molecule has 0 unspecified atom stereocenters. The fraction of sp³-hybridized carbons (Fsp3) is 0.400. The fourth-order valence-corrected chi connectivity index (χ4v) is 3.58. The second-order valence-electron chi connectivity index (χ2n) is 5.51. The molecular formula is C15H17BrN6. The first-order valence-electron chi connectivity index (χ1n) is 7.16. The number of rotatable bonds is 2. The second kappa shape index (κ2) is 5.97. The van der Waals surface area contributed by atoms with E-state index in [0.29, 0.717) is 17.3 Å². The van der Waals surface area contributed by atoms with Gasteiger partial charge in [0.05, 0.1) is 12.3 Å². The van der Waals surface area contributed by atoms with Crippen molar-refractivity contribution in [2.75, 3.05) is 23.7 Å². The highest BCUT2D eigenvalue weighted by Crippen LogP contribution is 2.42. The van der Waals surface area contributed by atoms with E-state index in [9.17, 15) is 0 Å². The van der Waals surface area contributed by atoms with E-state index in [1.807, 2.05) is 17.7 Å². The van der Waals surface area contributed by atoms with Gasteiger partial charge in [-0.05, 0) is 25.0 Å². The minimum absolute atomic E-state index is 0.417. The van der Waals surface area contributed by atoms with Gasteiger partial charge in [0.1, 0.15) is 12.2 Å². The van der Waals surface area contributed by atoms with E-state index in [0.717, 1.165) is 41.9 Å². The Morgan fingerprint density at radius 1 is 1.36 bits per heavy atom. The molecule has 0 saturated carbocycles. The number of nitrogens with zero attached hydrogens (tertiary/aromatic N) is 5. The normalized spacial score (nSPS) is 15.8. The average molecular weight is 361 g/mol. The number of nitrogen functional groups attached to an aromatic ring is 1. The number of aromatic nitrogens is 3. The van der Waals surface area contributed by atoms with E-state index in [2.05, 4.69) is 35.9 Å². The van der Waals surface area contributed by atoms with Crippen molar-refractivity contribution < 1.29 is 0 Å².